The summed E-state index contributed by atoms with van der Waals surface area (Å²) >= 11 is 16.8. The van der Waals surface area contributed by atoms with Gasteiger partial charge in [-0.15, -0.1) is 12.6 Å². The molecule has 5 nitrogen and oxygen atoms in total. The van der Waals surface area contributed by atoms with Crippen LogP contribution in [0.25, 0.3) is 11.0 Å². The maximum Gasteiger partial charge on any atom is 0.164 e. The smallest absolute Gasteiger partial charge is 0.164 e. The van der Waals surface area contributed by atoms with E-state index in [1.54, 1.807) is 16.7 Å². The number of nitrogens with zero attached hydrogens (tertiary/aromatic N) is 2. The van der Waals surface area contributed by atoms with Gasteiger partial charge in [-0.2, -0.15) is 0 Å². The van der Waals surface area contributed by atoms with E-state index in [2.05, 4.69) is 17.6 Å². The maximum absolute atomic E-state index is 10.4. The lowest BCUT2D eigenvalue weighted by atomic mass is 10.1. The second-order valence-corrected chi connectivity index (χ2v) is 7.54. The lowest BCUT2D eigenvalue weighted by Gasteiger charge is -2.20. The van der Waals surface area contributed by atoms with Crippen molar-refractivity contribution in [2.24, 2.45) is 0 Å². The molecule has 0 bridgehead atoms. The third kappa shape index (κ3) is 3.11. The van der Waals surface area contributed by atoms with Gasteiger partial charge in [-0.3, -0.25) is 4.57 Å². The summed E-state index contributed by atoms with van der Waals surface area (Å²) in [4.78, 5) is 5.51. The van der Waals surface area contributed by atoms with Gasteiger partial charge >= 0.3 is 0 Å². The van der Waals surface area contributed by atoms with Gasteiger partial charge in [-0.1, -0.05) is 41.4 Å². The fourth-order valence-corrected chi connectivity index (χ4v) is 3.75. The average Bonchev–Trinajstić information content (AvgIpc) is 3.10. The lowest BCUT2D eigenvalue weighted by molar-refractivity contribution is -0.0173. The van der Waals surface area contributed by atoms with Crippen LogP contribution < -0.4 is 0 Å². The topological polar surface area (TPSA) is 67.5 Å². The minimum atomic E-state index is -1.06. The van der Waals surface area contributed by atoms with Crippen LogP contribution in [0.15, 0.2) is 41.3 Å². The van der Waals surface area contributed by atoms with Crippen LogP contribution in [0.5, 0.6) is 0 Å². The van der Waals surface area contributed by atoms with Crippen molar-refractivity contribution in [2.45, 2.75) is 29.8 Å². The number of hydrogen-bond acceptors (Lipinski definition) is 5. The van der Waals surface area contributed by atoms with Gasteiger partial charge in [-0.05, 0) is 23.8 Å². The molecule has 2 aromatic carbocycles. The van der Waals surface area contributed by atoms with Crippen molar-refractivity contribution in [1.82, 2.24) is 9.55 Å². The van der Waals surface area contributed by atoms with E-state index in [1.165, 1.54) is 0 Å². The van der Waals surface area contributed by atoms with Crippen molar-refractivity contribution < 1.29 is 14.9 Å². The molecule has 3 atom stereocenters. The molecule has 0 amide bonds. The van der Waals surface area contributed by atoms with Crippen LogP contribution in [-0.2, 0) is 11.2 Å². The fourth-order valence-electron chi connectivity index (χ4n) is 3.19. The van der Waals surface area contributed by atoms with Gasteiger partial charge in [0.2, 0.25) is 0 Å². The van der Waals surface area contributed by atoms with Gasteiger partial charge in [0.1, 0.15) is 18.0 Å². The molecule has 8 heteroatoms. The van der Waals surface area contributed by atoms with Crippen molar-refractivity contribution >= 4 is 46.9 Å². The Morgan fingerprint density at radius 1 is 1.19 bits per heavy atom. The highest BCUT2D eigenvalue weighted by Crippen LogP contribution is 2.34. The Morgan fingerprint density at radius 3 is 2.62 bits per heavy atom. The number of aliphatic hydroxyl groups excluding tert-OH is 2. The van der Waals surface area contributed by atoms with Gasteiger partial charge in [0.15, 0.2) is 6.23 Å². The van der Waals surface area contributed by atoms with Crippen LogP contribution in [0, 0.1) is 0 Å². The Hall–Kier alpha value is -1.28. The van der Waals surface area contributed by atoms with E-state index in [9.17, 15) is 10.2 Å². The van der Waals surface area contributed by atoms with Crippen LogP contribution in [0.1, 0.15) is 17.6 Å². The Balaban J connectivity index is 1.88. The van der Waals surface area contributed by atoms with E-state index in [4.69, 9.17) is 27.9 Å². The zero-order valence-corrected chi connectivity index (χ0v) is 15.9. The number of aromatic nitrogens is 2. The minimum Gasteiger partial charge on any atom is -0.388 e. The number of hydrogen-bond donors (Lipinski definition) is 3. The van der Waals surface area contributed by atoms with Crippen LogP contribution in [0.2, 0.25) is 10.0 Å². The summed E-state index contributed by atoms with van der Waals surface area (Å²) in [5.41, 5.74) is 2.31. The van der Waals surface area contributed by atoms with Crippen LogP contribution >= 0.6 is 35.8 Å². The van der Waals surface area contributed by atoms with Crippen LogP contribution in [0.3, 0.4) is 0 Å². The second-order valence-electron chi connectivity index (χ2n) is 6.24. The first kappa shape index (κ1) is 18.1. The molecule has 26 heavy (non-hydrogen) atoms. The highest BCUT2D eigenvalue weighted by molar-refractivity contribution is 7.80. The number of ether oxygens (including phenoxy) is 1. The summed E-state index contributed by atoms with van der Waals surface area (Å²) < 4.78 is 7.41. The molecule has 0 radical (unpaired) electrons. The van der Waals surface area contributed by atoms with Gasteiger partial charge in [0.05, 0.1) is 27.7 Å². The number of halogens is 2. The van der Waals surface area contributed by atoms with Crippen molar-refractivity contribution in [3.05, 3.63) is 57.8 Å². The quantitative estimate of drug-likeness (QED) is 0.578. The third-order valence-corrected chi connectivity index (χ3v) is 5.68. The van der Waals surface area contributed by atoms with E-state index in [-0.39, 0.29) is 6.61 Å². The van der Waals surface area contributed by atoms with E-state index >= 15 is 0 Å². The average molecular weight is 411 g/mol. The maximum atomic E-state index is 10.4. The third-order valence-electron chi connectivity index (χ3n) is 4.52. The number of aliphatic hydroxyl groups is 2. The molecule has 0 saturated carbocycles. The van der Waals surface area contributed by atoms with Gasteiger partial charge in [-0.25, -0.2) is 4.98 Å². The molecule has 136 valence electrons. The molecule has 1 aliphatic rings. The number of thiol groups is 1. The summed E-state index contributed by atoms with van der Waals surface area (Å²) in [6, 6.07) is 11.1. The predicted octanol–water partition coefficient (Wildman–Crippen LogP) is 3.47. The predicted molar refractivity (Wildman–Crippen MR) is 103 cm³/mol. The number of fused-ring (bicyclic) bond motifs is 1. The van der Waals surface area contributed by atoms with Crippen molar-refractivity contribution in [1.29, 1.82) is 0 Å². The SMILES string of the molecule is O[C@@H]1[C@H](O)CO[C@H]1n1c(Cc2ccccc2S)nc2cc(Cl)c(Cl)cc21. The van der Waals surface area contributed by atoms with Crippen molar-refractivity contribution in [2.75, 3.05) is 6.61 Å². The standard InChI is InChI=1S/C18H16Cl2N2O3S/c19-10-6-12-13(7-11(10)20)22(18-17(24)14(23)8-25-18)16(21-12)5-9-3-1-2-4-15(9)26/h1-4,6-7,14,17-18,23-24,26H,5,8H2/t14-,17-,18-/m1/s1. The molecular weight excluding hydrogens is 395 g/mol. The molecule has 2 heterocycles. The van der Waals surface area contributed by atoms with E-state index in [0.717, 1.165) is 10.5 Å². The second kappa shape index (κ2) is 7.03. The summed E-state index contributed by atoms with van der Waals surface area (Å²) in [6.07, 6.45) is -2.29. The van der Waals surface area contributed by atoms with E-state index in [0.29, 0.717) is 33.3 Å². The van der Waals surface area contributed by atoms with E-state index in [1.807, 2.05) is 24.3 Å². The highest BCUT2D eigenvalue weighted by atomic mass is 35.5. The Kier molecular flexibility index (Phi) is 4.90. The Morgan fingerprint density at radius 2 is 1.92 bits per heavy atom. The molecular formula is C18H16Cl2N2O3S. The zero-order chi connectivity index (χ0) is 18.4. The number of rotatable bonds is 3. The summed E-state index contributed by atoms with van der Waals surface area (Å²) in [5.74, 6) is 0.665. The van der Waals surface area contributed by atoms with E-state index < -0.39 is 18.4 Å². The molecule has 0 aliphatic carbocycles. The molecule has 1 saturated heterocycles. The molecule has 0 unspecified atom stereocenters. The van der Waals surface area contributed by atoms with Crippen LogP contribution in [0.4, 0.5) is 0 Å². The summed E-state index contributed by atoms with van der Waals surface area (Å²) in [7, 11) is 0. The minimum absolute atomic E-state index is 0.0510. The summed E-state index contributed by atoms with van der Waals surface area (Å²) in [6.45, 7) is 0.0510. The lowest BCUT2D eigenvalue weighted by Crippen LogP contribution is -2.29. The molecule has 1 fully saturated rings. The summed E-state index contributed by atoms with van der Waals surface area (Å²) in [5, 5.41) is 21.0. The molecule has 0 spiro atoms. The Bertz CT molecular complexity index is 978. The monoisotopic (exact) mass is 410 g/mol. The Labute approximate surface area is 165 Å². The molecule has 4 rings (SSSR count). The van der Waals surface area contributed by atoms with Gasteiger partial charge < -0.3 is 14.9 Å². The number of benzene rings is 2. The molecule has 2 N–H and O–H groups in total. The first-order valence-electron chi connectivity index (χ1n) is 8.06. The van der Waals surface area contributed by atoms with Gasteiger partial charge in [0.25, 0.3) is 0 Å². The molecule has 3 aromatic rings. The largest absolute Gasteiger partial charge is 0.388 e. The first-order chi connectivity index (χ1) is 12.5. The normalized spacial score (nSPS) is 23.0. The van der Waals surface area contributed by atoms with Crippen molar-refractivity contribution in [3.63, 3.8) is 0 Å². The zero-order valence-electron chi connectivity index (χ0n) is 13.5. The van der Waals surface area contributed by atoms with Gasteiger partial charge in [0, 0.05) is 11.3 Å². The van der Waals surface area contributed by atoms with Crippen LogP contribution in [-0.4, -0.2) is 38.6 Å². The first-order valence-corrected chi connectivity index (χ1v) is 9.26. The molecule has 1 aromatic heterocycles. The highest BCUT2D eigenvalue weighted by Gasteiger charge is 2.38. The molecule has 1 aliphatic heterocycles. The number of imidazole rings is 1. The van der Waals surface area contributed by atoms with Crippen molar-refractivity contribution in [3.8, 4) is 0 Å². The fraction of sp³-hybridized carbons (Fsp3) is 0.278.